The lowest BCUT2D eigenvalue weighted by molar-refractivity contribution is 0.153. The van der Waals surface area contributed by atoms with Gasteiger partial charge in [-0.1, -0.05) is 23.8 Å². The van der Waals surface area contributed by atoms with Crippen LogP contribution in [0.2, 0.25) is 0 Å². The van der Waals surface area contributed by atoms with Gasteiger partial charge in [-0.15, -0.1) is 0 Å². The largest absolute Gasteiger partial charge is 0.377 e. The maximum absolute atomic E-state index is 13.1. The van der Waals surface area contributed by atoms with Crippen molar-refractivity contribution in [3.05, 3.63) is 47.3 Å². The molecule has 0 fully saturated rings. The first kappa shape index (κ1) is 15.5. The quantitative estimate of drug-likeness (QED) is 0.497. The predicted molar refractivity (Wildman–Crippen MR) is 82.7 cm³/mol. The van der Waals surface area contributed by atoms with E-state index in [9.17, 15) is 4.39 Å². The van der Waals surface area contributed by atoms with Gasteiger partial charge >= 0.3 is 0 Å². The van der Waals surface area contributed by atoms with Crippen LogP contribution in [0.15, 0.2) is 40.9 Å². The normalized spacial score (nSPS) is 15.5. The number of aliphatic imine (C=N–C) groups is 1. The Morgan fingerprint density at radius 3 is 3.00 bits per heavy atom. The Kier molecular flexibility index (Phi) is 6.22. The zero-order chi connectivity index (χ0) is 14.9. The van der Waals surface area contributed by atoms with Crippen molar-refractivity contribution < 1.29 is 9.13 Å². The fraction of sp³-hybridized carbons (Fsp3) is 0.438. The first-order valence-electron chi connectivity index (χ1n) is 7.22. The Morgan fingerprint density at radius 1 is 1.38 bits per heavy atom. The molecule has 0 amide bonds. The van der Waals surface area contributed by atoms with E-state index in [0.717, 1.165) is 44.1 Å². The molecule has 2 N–H and O–H groups in total. The summed E-state index contributed by atoms with van der Waals surface area (Å²) in [5.41, 5.74) is 2.32. The molecule has 0 atom stereocenters. The molecule has 2 rings (SSSR count). The highest BCUT2D eigenvalue weighted by Crippen LogP contribution is 2.10. The van der Waals surface area contributed by atoms with Crippen molar-refractivity contribution in [2.75, 3.05) is 26.8 Å². The summed E-state index contributed by atoms with van der Waals surface area (Å²) in [6.45, 7) is 2.92. The molecule has 0 saturated heterocycles. The average Bonchev–Trinajstić information content (AvgIpc) is 2.52. The Labute approximate surface area is 125 Å². The molecule has 114 valence electrons. The van der Waals surface area contributed by atoms with Crippen LogP contribution in [0.3, 0.4) is 0 Å². The standard InChI is InChI=1S/C16H22FN3O/c1-18-16(19-8-5-13-6-9-21-10-7-13)20-12-14-3-2-4-15(17)11-14/h2-4,6,11H,5,7-10,12H2,1H3,(H2,18,19,20). The van der Waals surface area contributed by atoms with E-state index in [-0.39, 0.29) is 5.82 Å². The highest BCUT2D eigenvalue weighted by atomic mass is 19.1. The summed E-state index contributed by atoms with van der Waals surface area (Å²) in [6, 6.07) is 6.56. The molecule has 5 heteroatoms. The van der Waals surface area contributed by atoms with Gasteiger partial charge in [0.05, 0.1) is 13.2 Å². The van der Waals surface area contributed by atoms with E-state index in [1.54, 1.807) is 13.1 Å². The third-order valence-electron chi connectivity index (χ3n) is 3.37. The molecule has 0 radical (unpaired) electrons. The molecule has 0 saturated carbocycles. The van der Waals surface area contributed by atoms with Crippen LogP contribution in [0.4, 0.5) is 4.39 Å². The molecule has 0 aromatic heterocycles. The number of ether oxygens (including phenoxy) is 1. The monoisotopic (exact) mass is 291 g/mol. The van der Waals surface area contributed by atoms with Crippen LogP contribution in [0, 0.1) is 5.82 Å². The van der Waals surface area contributed by atoms with E-state index in [2.05, 4.69) is 21.7 Å². The van der Waals surface area contributed by atoms with Gasteiger partial charge in [-0.25, -0.2) is 4.39 Å². The lowest BCUT2D eigenvalue weighted by Crippen LogP contribution is -2.37. The number of rotatable bonds is 5. The number of guanidine groups is 1. The molecule has 1 aromatic carbocycles. The second-order valence-electron chi connectivity index (χ2n) is 4.92. The van der Waals surface area contributed by atoms with Crippen LogP contribution in [0.5, 0.6) is 0 Å². The summed E-state index contributed by atoms with van der Waals surface area (Å²) in [5.74, 6) is 0.510. The number of nitrogens with one attached hydrogen (secondary N) is 2. The van der Waals surface area contributed by atoms with Gasteiger partial charge in [-0.2, -0.15) is 0 Å². The zero-order valence-electron chi connectivity index (χ0n) is 12.4. The first-order valence-corrected chi connectivity index (χ1v) is 7.22. The number of benzene rings is 1. The molecule has 0 spiro atoms. The van der Waals surface area contributed by atoms with Crippen LogP contribution in [-0.2, 0) is 11.3 Å². The highest BCUT2D eigenvalue weighted by Gasteiger charge is 2.04. The second-order valence-corrected chi connectivity index (χ2v) is 4.92. The molecular weight excluding hydrogens is 269 g/mol. The molecule has 1 heterocycles. The molecule has 21 heavy (non-hydrogen) atoms. The van der Waals surface area contributed by atoms with Crippen molar-refractivity contribution in [3.63, 3.8) is 0 Å². The lowest BCUT2D eigenvalue weighted by Gasteiger charge is -2.15. The van der Waals surface area contributed by atoms with Crippen molar-refractivity contribution in [1.29, 1.82) is 0 Å². The summed E-state index contributed by atoms with van der Waals surface area (Å²) in [4.78, 5) is 4.16. The van der Waals surface area contributed by atoms with Gasteiger partial charge in [-0.05, 0) is 30.5 Å². The Bertz CT molecular complexity index is 514. The number of nitrogens with zero attached hydrogens (tertiary/aromatic N) is 1. The van der Waals surface area contributed by atoms with Crippen molar-refractivity contribution in [2.24, 2.45) is 4.99 Å². The smallest absolute Gasteiger partial charge is 0.191 e. The number of halogens is 1. The Balaban J connectivity index is 1.72. The molecule has 1 aromatic rings. The zero-order valence-corrected chi connectivity index (χ0v) is 12.4. The van der Waals surface area contributed by atoms with E-state index in [1.165, 1.54) is 17.7 Å². The number of hydrogen-bond donors (Lipinski definition) is 2. The fourth-order valence-electron chi connectivity index (χ4n) is 2.19. The van der Waals surface area contributed by atoms with Crippen LogP contribution >= 0.6 is 0 Å². The maximum atomic E-state index is 13.1. The van der Waals surface area contributed by atoms with Crippen LogP contribution < -0.4 is 10.6 Å². The Hall–Kier alpha value is -1.88. The minimum atomic E-state index is -0.219. The first-order chi connectivity index (χ1) is 10.3. The van der Waals surface area contributed by atoms with Gasteiger partial charge in [0.15, 0.2) is 5.96 Å². The third kappa shape index (κ3) is 5.55. The third-order valence-corrected chi connectivity index (χ3v) is 3.37. The van der Waals surface area contributed by atoms with Gasteiger partial charge in [0.2, 0.25) is 0 Å². The summed E-state index contributed by atoms with van der Waals surface area (Å²) in [6.07, 6.45) is 4.15. The fourth-order valence-corrected chi connectivity index (χ4v) is 2.19. The van der Waals surface area contributed by atoms with E-state index in [4.69, 9.17) is 4.74 Å². The van der Waals surface area contributed by atoms with Crippen molar-refractivity contribution >= 4 is 5.96 Å². The predicted octanol–water partition coefficient (Wildman–Crippen LogP) is 2.23. The van der Waals surface area contributed by atoms with Crippen molar-refractivity contribution in [1.82, 2.24) is 10.6 Å². The summed E-state index contributed by atoms with van der Waals surface area (Å²) >= 11 is 0. The SMILES string of the molecule is CN=C(NCCC1=CCOCC1)NCc1cccc(F)c1. The molecular formula is C16H22FN3O. The van der Waals surface area contributed by atoms with Gasteiger partial charge in [0, 0.05) is 20.1 Å². The molecule has 1 aliphatic rings. The average molecular weight is 291 g/mol. The van der Waals surface area contributed by atoms with E-state index in [0.29, 0.717) is 6.54 Å². The lowest BCUT2D eigenvalue weighted by atomic mass is 10.1. The summed E-state index contributed by atoms with van der Waals surface area (Å²) in [5, 5.41) is 6.44. The highest BCUT2D eigenvalue weighted by molar-refractivity contribution is 5.79. The van der Waals surface area contributed by atoms with E-state index >= 15 is 0 Å². The van der Waals surface area contributed by atoms with E-state index in [1.807, 2.05) is 6.07 Å². The molecule has 0 aliphatic carbocycles. The van der Waals surface area contributed by atoms with Crippen LogP contribution in [-0.4, -0.2) is 32.8 Å². The van der Waals surface area contributed by atoms with Crippen LogP contribution in [0.1, 0.15) is 18.4 Å². The van der Waals surface area contributed by atoms with Crippen LogP contribution in [0.25, 0.3) is 0 Å². The van der Waals surface area contributed by atoms with Gasteiger partial charge in [-0.3, -0.25) is 4.99 Å². The van der Waals surface area contributed by atoms with Crippen molar-refractivity contribution in [2.45, 2.75) is 19.4 Å². The van der Waals surface area contributed by atoms with Gasteiger partial charge < -0.3 is 15.4 Å². The van der Waals surface area contributed by atoms with Crippen molar-refractivity contribution in [3.8, 4) is 0 Å². The number of hydrogen-bond acceptors (Lipinski definition) is 2. The van der Waals surface area contributed by atoms with Gasteiger partial charge in [0.25, 0.3) is 0 Å². The second kappa shape index (κ2) is 8.42. The topological polar surface area (TPSA) is 45.7 Å². The maximum Gasteiger partial charge on any atom is 0.191 e. The molecule has 4 nitrogen and oxygen atoms in total. The summed E-state index contributed by atoms with van der Waals surface area (Å²) in [7, 11) is 1.73. The van der Waals surface area contributed by atoms with Gasteiger partial charge in [0.1, 0.15) is 5.82 Å². The minimum Gasteiger partial charge on any atom is -0.377 e. The Morgan fingerprint density at radius 2 is 2.29 bits per heavy atom. The molecule has 0 bridgehead atoms. The molecule has 0 unspecified atom stereocenters. The van der Waals surface area contributed by atoms with E-state index < -0.39 is 0 Å². The summed E-state index contributed by atoms with van der Waals surface area (Å²) < 4.78 is 18.4. The minimum absolute atomic E-state index is 0.219. The molecule has 1 aliphatic heterocycles.